The molecule has 0 amide bonds. The van der Waals surface area contributed by atoms with Gasteiger partial charge >= 0.3 is 0 Å². The van der Waals surface area contributed by atoms with Crippen LogP contribution < -0.4 is 9.80 Å². The van der Waals surface area contributed by atoms with E-state index in [2.05, 4.69) is 174 Å². The maximum Gasteiger partial charge on any atom is 0.147 e. The van der Waals surface area contributed by atoms with E-state index in [1.807, 2.05) is 6.21 Å². The zero-order valence-electron chi connectivity index (χ0n) is 23.3. The minimum atomic E-state index is -0.0601. The van der Waals surface area contributed by atoms with Crippen LogP contribution in [-0.2, 0) is 0 Å². The second-order valence-electron chi connectivity index (χ2n) is 10.4. The summed E-state index contributed by atoms with van der Waals surface area (Å²) in [5.41, 5.74) is 10.5. The van der Waals surface area contributed by atoms with Gasteiger partial charge in [0.05, 0.1) is 17.9 Å². The topological polar surface area (TPSA) is 18.8 Å². The van der Waals surface area contributed by atoms with Gasteiger partial charge in [-0.2, -0.15) is 0 Å². The van der Waals surface area contributed by atoms with Crippen LogP contribution in [0.2, 0.25) is 0 Å². The Morgan fingerprint density at radius 3 is 1.48 bits per heavy atom. The van der Waals surface area contributed by atoms with Crippen LogP contribution in [0.15, 0.2) is 169 Å². The highest BCUT2D eigenvalue weighted by molar-refractivity contribution is 5.88. The predicted octanol–water partition coefficient (Wildman–Crippen LogP) is 10.1. The van der Waals surface area contributed by atoms with Crippen LogP contribution in [-0.4, -0.2) is 12.8 Å². The lowest BCUT2D eigenvalue weighted by Crippen LogP contribution is -2.26. The molecule has 42 heavy (non-hydrogen) atoms. The number of para-hydroxylation sites is 2. The third kappa shape index (κ3) is 5.09. The standard InChI is InChI=1S/C39H31N3/c1-4-12-30(13-5-1)32-20-24-35(25-21-32)42(36-26-22-33(23-27-36)31-14-6-2-7-15-31)38-19-11-10-18-37(38)41-29-28-40-39(41)34-16-8-3-9-17-34/h1-28,39H,29H2. The number of nitrogens with zero attached hydrogens (tertiary/aromatic N) is 3. The molecule has 6 aromatic carbocycles. The first kappa shape index (κ1) is 25.6. The molecular formula is C39H31N3. The summed E-state index contributed by atoms with van der Waals surface area (Å²) in [5, 5.41) is 0. The van der Waals surface area contributed by atoms with E-state index in [0.717, 1.165) is 29.3 Å². The van der Waals surface area contributed by atoms with Crippen molar-refractivity contribution in [1.29, 1.82) is 0 Å². The van der Waals surface area contributed by atoms with Crippen molar-refractivity contribution in [2.45, 2.75) is 6.17 Å². The van der Waals surface area contributed by atoms with Crippen molar-refractivity contribution in [3.8, 4) is 22.3 Å². The van der Waals surface area contributed by atoms with Crippen molar-refractivity contribution >= 4 is 29.0 Å². The predicted molar refractivity (Wildman–Crippen MR) is 177 cm³/mol. The van der Waals surface area contributed by atoms with Crippen molar-refractivity contribution in [2.75, 3.05) is 16.3 Å². The molecule has 6 aromatic rings. The first-order valence-corrected chi connectivity index (χ1v) is 14.4. The molecule has 1 aliphatic heterocycles. The van der Waals surface area contributed by atoms with Crippen LogP contribution in [0.3, 0.4) is 0 Å². The molecule has 0 aliphatic carbocycles. The average Bonchev–Trinajstić information content (AvgIpc) is 3.57. The fourth-order valence-corrected chi connectivity index (χ4v) is 5.73. The van der Waals surface area contributed by atoms with E-state index in [-0.39, 0.29) is 6.17 Å². The first-order valence-electron chi connectivity index (χ1n) is 14.4. The van der Waals surface area contributed by atoms with Crippen LogP contribution in [0.25, 0.3) is 22.3 Å². The summed E-state index contributed by atoms with van der Waals surface area (Å²) in [6, 6.07) is 58.0. The van der Waals surface area contributed by atoms with E-state index in [9.17, 15) is 0 Å². The Morgan fingerprint density at radius 2 is 0.929 bits per heavy atom. The third-order valence-electron chi connectivity index (χ3n) is 7.82. The number of rotatable bonds is 7. The van der Waals surface area contributed by atoms with Gasteiger partial charge in [-0.1, -0.05) is 127 Å². The van der Waals surface area contributed by atoms with E-state index < -0.39 is 0 Å². The summed E-state index contributed by atoms with van der Waals surface area (Å²) in [5.74, 6) is 0. The van der Waals surface area contributed by atoms with E-state index in [1.165, 1.54) is 27.8 Å². The highest BCUT2D eigenvalue weighted by atomic mass is 15.3. The van der Waals surface area contributed by atoms with Crippen molar-refractivity contribution in [3.05, 3.63) is 169 Å². The number of benzene rings is 6. The maximum absolute atomic E-state index is 4.88. The molecule has 0 saturated carbocycles. The number of hydrogen-bond acceptors (Lipinski definition) is 3. The summed E-state index contributed by atoms with van der Waals surface area (Å²) in [4.78, 5) is 9.63. The van der Waals surface area contributed by atoms with Crippen molar-refractivity contribution in [2.24, 2.45) is 4.99 Å². The van der Waals surface area contributed by atoms with Gasteiger partial charge in [0.15, 0.2) is 0 Å². The summed E-state index contributed by atoms with van der Waals surface area (Å²) in [7, 11) is 0. The van der Waals surface area contributed by atoms with Crippen LogP contribution in [0.5, 0.6) is 0 Å². The first-order chi connectivity index (χ1) is 20.8. The van der Waals surface area contributed by atoms with Gasteiger partial charge in [0, 0.05) is 17.6 Å². The molecule has 7 rings (SSSR count). The van der Waals surface area contributed by atoms with Gasteiger partial charge in [0.2, 0.25) is 0 Å². The smallest absolute Gasteiger partial charge is 0.147 e. The van der Waals surface area contributed by atoms with Crippen LogP contribution >= 0.6 is 0 Å². The lowest BCUT2D eigenvalue weighted by molar-refractivity contribution is 0.730. The number of anilines is 4. The number of hydrogen-bond donors (Lipinski definition) is 0. The Bertz CT molecular complexity index is 1700. The molecule has 1 heterocycles. The van der Waals surface area contributed by atoms with Crippen molar-refractivity contribution in [3.63, 3.8) is 0 Å². The van der Waals surface area contributed by atoms with E-state index in [4.69, 9.17) is 4.99 Å². The summed E-state index contributed by atoms with van der Waals surface area (Å²) in [6.45, 7) is 0.754. The van der Waals surface area contributed by atoms with Crippen molar-refractivity contribution < 1.29 is 0 Å². The molecule has 1 unspecified atom stereocenters. The maximum atomic E-state index is 4.88. The van der Waals surface area contributed by atoms with E-state index in [0.29, 0.717) is 0 Å². The molecule has 0 aromatic heterocycles. The molecule has 3 nitrogen and oxygen atoms in total. The van der Waals surface area contributed by atoms with Gasteiger partial charge < -0.3 is 9.80 Å². The second-order valence-corrected chi connectivity index (χ2v) is 10.4. The summed E-state index contributed by atoms with van der Waals surface area (Å²) < 4.78 is 0. The quantitative estimate of drug-likeness (QED) is 0.200. The molecular weight excluding hydrogens is 510 g/mol. The molecule has 0 fully saturated rings. The normalized spacial score (nSPS) is 14.2. The zero-order chi connectivity index (χ0) is 28.1. The Labute approximate surface area is 247 Å². The van der Waals surface area contributed by atoms with Crippen molar-refractivity contribution in [1.82, 2.24) is 0 Å². The Kier molecular flexibility index (Phi) is 7.06. The molecule has 202 valence electrons. The Balaban J connectivity index is 1.33. The Hall–Kier alpha value is -5.41. The van der Waals surface area contributed by atoms with Crippen LogP contribution in [0, 0.1) is 0 Å². The molecule has 0 radical (unpaired) electrons. The number of aliphatic imine (C=N–C) groups is 1. The second kappa shape index (κ2) is 11.6. The molecule has 0 spiro atoms. The largest absolute Gasteiger partial charge is 0.339 e. The van der Waals surface area contributed by atoms with Gasteiger partial charge in [-0.3, -0.25) is 4.99 Å². The molecule has 0 bridgehead atoms. The Morgan fingerprint density at radius 1 is 0.476 bits per heavy atom. The van der Waals surface area contributed by atoms with E-state index >= 15 is 0 Å². The van der Waals surface area contributed by atoms with Gasteiger partial charge in [-0.15, -0.1) is 0 Å². The monoisotopic (exact) mass is 541 g/mol. The SMILES string of the molecule is C1=NC(c2ccccc2)N(c2ccccc2N(c2ccc(-c3ccccc3)cc2)c2ccc(-c3ccccc3)cc2)C1. The summed E-state index contributed by atoms with van der Waals surface area (Å²) >= 11 is 0. The summed E-state index contributed by atoms with van der Waals surface area (Å²) in [6.07, 6.45) is 1.97. The third-order valence-corrected chi connectivity index (χ3v) is 7.82. The van der Waals surface area contributed by atoms with Crippen LogP contribution in [0.4, 0.5) is 22.7 Å². The fourth-order valence-electron chi connectivity index (χ4n) is 5.73. The molecule has 0 N–H and O–H groups in total. The van der Waals surface area contributed by atoms with Gasteiger partial charge in [-0.05, 0) is 64.2 Å². The highest BCUT2D eigenvalue weighted by Crippen LogP contribution is 2.44. The lowest BCUT2D eigenvalue weighted by Gasteiger charge is -2.33. The average molecular weight is 542 g/mol. The minimum Gasteiger partial charge on any atom is -0.339 e. The molecule has 3 heteroatoms. The fraction of sp³-hybridized carbons (Fsp3) is 0.0513. The van der Waals surface area contributed by atoms with E-state index in [1.54, 1.807) is 0 Å². The molecule has 1 aliphatic rings. The van der Waals surface area contributed by atoms with Gasteiger partial charge in [0.1, 0.15) is 6.17 Å². The van der Waals surface area contributed by atoms with Gasteiger partial charge in [0.25, 0.3) is 0 Å². The molecule has 1 atom stereocenters. The highest BCUT2D eigenvalue weighted by Gasteiger charge is 2.27. The minimum absolute atomic E-state index is 0.0601. The lowest BCUT2D eigenvalue weighted by atomic mass is 10.0. The van der Waals surface area contributed by atoms with Crippen LogP contribution in [0.1, 0.15) is 11.7 Å². The molecule has 0 saturated heterocycles. The van der Waals surface area contributed by atoms with Gasteiger partial charge in [-0.25, -0.2) is 0 Å². The zero-order valence-corrected chi connectivity index (χ0v) is 23.3.